The number of hydrogen-bond donors (Lipinski definition) is 2. The van der Waals surface area contributed by atoms with Crippen molar-refractivity contribution in [2.75, 3.05) is 23.3 Å². The van der Waals surface area contributed by atoms with Crippen LogP contribution >= 0.6 is 0 Å². The van der Waals surface area contributed by atoms with Gasteiger partial charge in [0.1, 0.15) is 0 Å². The summed E-state index contributed by atoms with van der Waals surface area (Å²) in [6.07, 6.45) is 4.10. The fourth-order valence-corrected chi connectivity index (χ4v) is 5.29. The highest BCUT2D eigenvalue weighted by atomic mass is 16.2. The zero-order chi connectivity index (χ0) is 23.7. The van der Waals surface area contributed by atoms with Gasteiger partial charge in [0, 0.05) is 23.8 Å². The predicted molar refractivity (Wildman–Crippen MR) is 127 cm³/mol. The average Bonchev–Trinajstić information content (AvgIpc) is 3.42. The van der Waals surface area contributed by atoms with Crippen LogP contribution in [-0.2, 0) is 27.3 Å². The molecule has 2 N–H and O–H groups in total. The molecule has 1 saturated heterocycles. The molecule has 1 aliphatic carbocycles. The van der Waals surface area contributed by atoms with Gasteiger partial charge in [-0.1, -0.05) is 43.2 Å². The Morgan fingerprint density at radius 1 is 1.00 bits per heavy atom. The van der Waals surface area contributed by atoms with Crippen molar-refractivity contribution in [1.29, 1.82) is 0 Å². The zero-order valence-electron chi connectivity index (χ0n) is 19.0. The predicted octanol–water partition coefficient (Wildman–Crippen LogP) is 3.07. The summed E-state index contributed by atoms with van der Waals surface area (Å²) < 4.78 is 0. The van der Waals surface area contributed by atoms with E-state index in [0.29, 0.717) is 25.1 Å². The van der Waals surface area contributed by atoms with E-state index in [2.05, 4.69) is 16.7 Å². The topological polar surface area (TPSA) is 98.8 Å². The summed E-state index contributed by atoms with van der Waals surface area (Å²) in [6, 6.07) is 14.7. The number of fused-ring (bicyclic) bond motifs is 1. The Morgan fingerprint density at radius 2 is 1.79 bits per heavy atom. The van der Waals surface area contributed by atoms with Gasteiger partial charge in [0.05, 0.1) is 19.0 Å². The largest absolute Gasteiger partial charge is 0.329 e. The van der Waals surface area contributed by atoms with Crippen LogP contribution in [0.5, 0.6) is 0 Å². The number of carbonyl (C=O) groups excluding carboxylic acids is 4. The molecule has 2 aromatic carbocycles. The van der Waals surface area contributed by atoms with Gasteiger partial charge in [-0.3, -0.25) is 19.3 Å². The van der Waals surface area contributed by atoms with Crippen molar-refractivity contribution in [2.45, 2.75) is 38.6 Å². The second kappa shape index (κ2) is 9.29. The Morgan fingerprint density at radius 3 is 2.59 bits per heavy atom. The van der Waals surface area contributed by atoms with Crippen LogP contribution in [0.3, 0.4) is 0 Å². The number of hydrogen-bond acceptors (Lipinski definition) is 4. The van der Waals surface area contributed by atoms with Gasteiger partial charge in [-0.15, -0.1) is 0 Å². The SMILES string of the molecule is O=C(Nc1cccc(CN2C(=O)CNC2=O)c1)C1CCCCC1C(=O)N1CCc2ccccc21. The molecule has 2 unspecified atom stereocenters. The van der Waals surface area contributed by atoms with Crippen LogP contribution < -0.4 is 15.5 Å². The number of urea groups is 1. The minimum Gasteiger partial charge on any atom is -0.329 e. The second-order valence-corrected chi connectivity index (χ2v) is 9.19. The molecule has 2 aliphatic heterocycles. The molecule has 5 rings (SSSR count). The lowest BCUT2D eigenvalue weighted by molar-refractivity contribution is -0.132. The fourth-order valence-electron chi connectivity index (χ4n) is 5.29. The van der Waals surface area contributed by atoms with Crippen molar-refractivity contribution < 1.29 is 19.2 Å². The molecule has 34 heavy (non-hydrogen) atoms. The molecule has 3 aliphatic rings. The van der Waals surface area contributed by atoms with E-state index in [1.165, 1.54) is 5.56 Å². The molecule has 0 aromatic heterocycles. The normalized spacial score (nSPS) is 21.9. The van der Waals surface area contributed by atoms with Crippen molar-refractivity contribution >= 4 is 35.1 Å². The maximum atomic E-state index is 13.5. The molecule has 5 amide bonds. The Kier molecular flexibility index (Phi) is 6.04. The van der Waals surface area contributed by atoms with Crippen LogP contribution in [0.1, 0.15) is 36.8 Å². The molecule has 1 saturated carbocycles. The van der Waals surface area contributed by atoms with Crippen molar-refractivity contribution in [2.24, 2.45) is 11.8 Å². The van der Waals surface area contributed by atoms with Crippen LogP contribution in [0.4, 0.5) is 16.2 Å². The number of para-hydroxylation sites is 1. The highest BCUT2D eigenvalue weighted by Crippen LogP contribution is 2.36. The lowest BCUT2D eigenvalue weighted by Gasteiger charge is -2.32. The summed E-state index contributed by atoms with van der Waals surface area (Å²) >= 11 is 0. The van der Waals surface area contributed by atoms with Gasteiger partial charge in [-0.25, -0.2) is 4.79 Å². The van der Waals surface area contributed by atoms with E-state index < -0.39 is 6.03 Å². The quantitative estimate of drug-likeness (QED) is 0.670. The van der Waals surface area contributed by atoms with Gasteiger partial charge in [0.2, 0.25) is 17.7 Å². The van der Waals surface area contributed by atoms with Crippen molar-refractivity contribution in [3.63, 3.8) is 0 Å². The molecule has 8 nitrogen and oxygen atoms in total. The minimum absolute atomic E-state index is 0.00779. The zero-order valence-corrected chi connectivity index (χ0v) is 19.0. The monoisotopic (exact) mass is 460 g/mol. The second-order valence-electron chi connectivity index (χ2n) is 9.19. The number of nitrogens with one attached hydrogen (secondary N) is 2. The van der Waals surface area contributed by atoms with Crippen LogP contribution in [0, 0.1) is 11.8 Å². The van der Waals surface area contributed by atoms with E-state index >= 15 is 0 Å². The van der Waals surface area contributed by atoms with Gasteiger partial charge >= 0.3 is 6.03 Å². The molecule has 176 valence electrons. The lowest BCUT2D eigenvalue weighted by Crippen LogP contribution is -2.43. The van der Waals surface area contributed by atoms with E-state index in [0.717, 1.165) is 35.4 Å². The van der Waals surface area contributed by atoms with E-state index in [4.69, 9.17) is 0 Å². The number of nitrogens with zero attached hydrogens (tertiary/aromatic N) is 2. The van der Waals surface area contributed by atoms with E-state index in [1.807, 2.05) is 29.2 Å². The fraction of sp³-hybridized carbons (Fsp3) is 0.385. The molecule has 2 fully saturated rings. The first-order valence-corrected chi connectivity index (χ1v) is 11.9. The molecule has 2 atom stereocenters. The number of rotatable bonds is 5. The lowest BCUT2D eigenvalue weighted by atomic mass is 9.77. The first kappa shape index (κ1) is 22.1. The van der Waals surface area contributed by atoms with Gasteiger partial charge in [-0.2, -0.15) is 0 Å². The van der Waals surface area contributed by atoms with Crippen LogP contribution in [0.25, 0.3) is 0 Å². The van der Waals surface area contributed by atoms with Gasteiger partial charge in [-0.05, 0) is 48.6 Å². The summed E-state index contributed by atoms with van der Waals surface area (Å²) in [5.41, 5.74) is 3.48. The van der Waals surface area contributed by atoms with E-state index in [9.17, 15) is 19.2 Å². The molecule has 0 spiro atoms. The van der Waals surface area contributed by atoms with Crippen LogP contribution in [0.15, 0.2) is 48.5 Å². The summed E-state index contributed by atoms with van der Waals surface area (Å²) in [6.45, 7) is 0.814. The highest BCUT2D eigenvalue weighted by molar-refractivity contribution is 6.03. The minimum atomic E-state index is -0.411. The third-order valence-electron chi connectivity index (χ3n) is 7.05. The molecular formula is C26H28N4O4. The molecule has 0 radical (unpaired) electrons. The standard InChI is InChI=1S/C26H28N4O4/c31-23-15-27-26(34)30(23)16-17-6-5-8-19(14-17)28-24(32)20-9-2-3-10-21(20)25(33)29-13-12-18-7-1-4-11-22(18)29/h1,4-8,11,14,20-21H,2-3,9-10,12-13,15-16H2,(H,27,34)(H,28,32). The van der Waals surface area contributed by atoms with E-state index in [-0.39, 0.29) is 42.6 Å². The third kappa shape index (κ3) is 4.27. The summed E-state index contributed by atoms with van der Waals surface area (Å²) in [7, 11) is 0. The van der Waals surface area contributed by atoms with Crippen molar-refractivity contribution in [3.8, 4) is 0 Å². The summed E-state index contributed by atoms with van der Waals surface area (Å²) in [5, 5.41) is 5.49. The number of benzene rings is 2. The maximum Gasteiger partial charge on any atom is 0.324 e. The maximum absolute atomic E-state index is 13.5. The number of amides is 5. The van der Waals surface area contributed by atoms with Gasteiger partial charge in [0.15, 0.2) is 0 Å². The Hall–Kier alpha value is -3.68. The number of carbonyl (C=O) groups is 4. The average molecular weight is 461 g/mol. The number of imide groups is 1. The molecule has 2 heterocycles. The van der Waals surface area contributed by atoms with E-state index in [1.54, 1.807) is 18.2 Å². The molecule has 8 heteroatoms. The smallest absolute Gasteiger partial charge is 0.324 e. The van der Waals surface area contributed by atoms with Crippen LogP contribution in [0.2, 0.25) is 0 Å². The number of anilines is 2. The highest BCUT2D eigenvalue weighted by Gasteiger charge is 2.39. The van der Waals surface area contributed by atoms with Gasteiger partial charge in [0.25, 0.3) is 0 Å². The first-order valence-electron chi connectivity index (χ1n) is 11.9. The molecule has 0 bridgehead atoms. The molecule has 2 aromatic rings. The summed E-state index contributed by atoms with van der Waals surface area (Å²) in [4.78, 5) is 53.5. The summed E-state index contributed by atoms with van der Waals surface area (Å²) in [5.74, 6) is -1.11. The molecular weight excluding hydrogens is 432 g/mol. The Labute approximate surface area is 198 Å². The van der Waals surface area contributed by atoms with Gasteiger partial charge < -0.3 is 15.5 Å². The Balaban J connectivity index is 1.28. The third-order valence-corrected chi connectivity index (χ3v) is 7.05. The first-order chi connectivity index (χ1) is 16.5. The van der Waals surface area contributed by atoms with Crippen molar-refractivity contribution in [1.82, 2.24) is 10.2 Å². The van der Waals surface area contributed by atoms with Crippen molar-refractivity contribution in [3.05, 3.63) is 59.7 Å². The van der Waals surface area contributed by atoms with Crippen LogP contribution in [-0.4, -0.2) is 41.7 Å². The Bertz CT molecular complexity index is 1130.